The van der Waals surface area contributed by atoms with Gasteiger partial charge in [-0.3, -0.25) is 14.9 Å². The van der Waals surface area contributed by atoms with E-state index in [1.165, 1.54) is 12.1 Å². The minimum absolute atomic E-state index is 0.0834. The minimum atomic E-state index is -1.37. The molecule has 0 unspecified atom stereocenters. The highest BCUT2D eigenvalue weighted by molar-refractivity contribution is 6.32. The van der Waals surface area contributed by atoms with Crippen LogP contribution in [0.15, 0.2) is 36.4 Å². The van der Waals surface area contributed by atoms with Crippen LogP contribution in [0.3, 0.4) is 0 Å². The Morgan fingerprint density at radius 3 is 2.00 bits per heavy atom. The third-order valence-electron chi connectivity index (χ3n) is 3.09. The van der Waals surface area contributed by atoms with Crippen molar-refractivity contribution in [1.82, 2.24) is 0 Å². The van der Waals surface area contributed by atoms with Gasteiger partial charge in [0, 0.05) is 17.3 Å². The van der Waals surface area contributed by atoms with E-state index in [-0.39, 0.29) is 27.4 Å². The topological polar surface area (TPSA) is 147 Å². The molecule has 0 radical (unpaired) electrons. The van der Waals surface area contributed by atoms with Gasteiger partial charge in [0.1, 0.15) is 5.02 Å². The molecule has 0 saturated heterocycles. The van der Waals surface area contributed by atoms with Gasteiger partial charge in [-0.25, -0.2) is 9.59 Å². The largest absolute Gasteiger partial charge is 0.478 e. The van der Waals surface area contributed by atoms with Crippen molar-refractivity contribution >= 4 is 40.8 Å². The Hall–Kier alpha value is -3.46. The van der Waals surface area contributed by atoms with Gasteiger partial charge in [0.2, 0.25) is 0 Å². The van der Waals surface area contributed by atoms with Crippen molar-refractivity contribution in [3.63, 3.8) is 0 Å². The Morgan fingerprint density at radius 2 is 1.52 bits per heavy atom. The molecule has 0 heterocycles. The summed E-state index contributed by atoms with van der Waals surface area (Å²) >= 11 is 5.66. The lowest BCUT2D eigenvalue weighted by molar-refractivity contribution is -0.384. The van der Waals surface area contributed by atoms with Gasteiger partial charge in [-0.2, -0.15) is 0 Å². The number of amides is 1. The quantitative estimate of drug-likeness (QED) is 0.545. The Balaban J connectivity index is 2.37. The number of hydrogen-bond donors (Lipinski definition) is 3. The van der Waals surface area contributed by atoms with Gasteiger partial charge >= 0.3 is 11.9 Å². The highest BCUT2D eigenvalue weighted by atomic mass is 35.5. The first-order valence-electron chi connectivity index (χ1n) is 6.56. The minimum Gasteiger partial charge on any atom is -0.478 e. The molecule has 1 amide bonds. The third kappa shape index (κ3) is 4.09. The molecular formula is C15H9ClN2O7. The number of carboxylic acid groups (broad SMARTS) is 2. The van der Waals surface area contributed by atoms with Crippen LogP contribution in [0.25, 0.3) is 0 Å². The number of anilines is 1. The van der Waals surface area contributed by atoms with Gasteiger partial charge in [0.05, 0.1) is 16.1 Å². The maximum atomic E-state index is 12.2. The summed E-state index contributed by atoms with van der Waals surface area (Å²) in [5, 5.41) is 31.0. The molecule has 128 valence electrons. The normalized spacial score (nSPS) is 10.1. The second-order valence-electron chi connectivity index (χ2n) is 4.79. The van der Waals surface area contributed by atoms with E-state index in [4.69, 9.17) is 21.8 Å². The third-order valence-corrected chi connectivity index (χ3v) is 3.41. The number of aromatic carboxylic acids is 2. The standard InChI is InChI=1S/C15H9ClN2O7/c16-11-2-1-7(6-12(11)18(24)25)13(19)17-10-4-8(14(20)21)3-9(5-10)15(22)23/h1-6H,(H,17,19)(H,20,21)(H,22,23). The Bertz CT molecular complexity index is 878. The van der Waals surface area contributed by atoms with E-state index in [1.807, 2.05) is 0 Å². The molecule has 0 aromatic heterocycles. The fourth-order valence-electron chi connectivity index (χ4n) is 1.94. The van der Waals surface area contributed by atoms with Crippen molar-refractivity contribution in [1.29, 1.82) is 0 Å². The van der Waals surface area contributed by atoms with E-state index in [1.54, 1.807) is 0 Å². The zero-order chi connectivity index (χ0) is 18.7. The van der Waals surface area contributed by atoms with Crippen molar-refractivity contribution in [2.75, 3.05) is 5.32 Å². The molecule has 0 fully saturated rings. The number of halogens is 1. The van der Waals surface area contributed by atoms with Crippen LogP contribution in [0.4, 0.5) is 11.4 Å². The van der Waals surface area contributed by atoms with Gasteiger partial charge in [0.15, 0.2) is 0 Å². The van der Waals surface area contributed by atoms with Gasteiger partial charge in [-0.15, -0.1) is 0 Å². The number of carbonyl (C=O) groups excluding carboxylic acids is 1. The number of nitrogens with one attached hydrogen (secondary N) is 1. The summed E-state index contributed by atoms with van der Waals surface area (Å²) in [5.74, 6) is -3.54. The fraction of sp³-hybridized carbons (Fsp3) is 0. The second-order valence-corrected chi connectivity index (χ2v) is 5.19. The lowest BCUT2D eigenvalue weighted by Gasteiger charge is -2.08. The lowest BCUT2D eigenvalue weighted by Crippen LogP contribution is -2.14. The van der Waals surface area contributed by atoms with Crippen molar-refractivity contribution in [2.24, 2.45) is 0 Å². The van der Waals surface area contributed by atoms with E-state index < -0.39 is 28.5 Å². The van der Waals surface area contributed by atoms with Crippen LogP contribution in [-0.2, 0) is 0 Å². The zero-order valence-corrected chi connectivity index (χ0v) is 13.0. The van der Waals surface area contributed by atoms with Crippen LogP contribution in [0.5, 0.6) is 0 Å². The molecule has 0 aliphatic carbocycles. The van der Waals surface area contributed by atoms with Gasteiger partial charge < -0.3 is 15.5 Å². The van der Waals surface area contributed by atoms with Crippen molar-refractivity contribution in [2.45, 2.75) is 0 Å². The summed E-state index contributed by atoms with van der Waals surface area (Å²) in [5.41, 5.74) is -1.33. The Morgan fingerprint density at radius 1 is 0.960 bits per heavy atom. The summed E-state index contributed by atoms with van der Waals surface area (Å²) in [6, 6.07) is 6.44. The van der Waals surface area contributed by atoms with E-state index in [2.05, 4.69) is 5.32 Å². The first-order valence-corrected chi connectivity index (χ1v) is 6.94. The van der Waals surface area contributed by atoms with Crippen LogP contribution in [-0.4, -0.2) is 33.0 Å². The predicted octanol–water partition coefficient (Wildman–Crippen LogP) is 2.90. The van der Waals surface area contributed by atoms with Gasteiger partial charge in [0.25, 0.3) is 11.6 Å². The number of benzene rings is 2. The number of nitrogens with zero attached hydrogens (tertiary/aromatic N) is 1. The summed E-state index contributed by atoms with van der Waals surface area (Å²) in [6.45, 7) is 0. The number of nitro groups is 1. The van der Waals surface area contributed by atoms with E-state index in [9.17, 15) is 24.5 Å². The van der Waals surface area contributed by atoms with Crippen LogP contribution < -0.4 is 5.32 Å². The Labute approximate surface area is 144 Å². The number of carbonyl (C=O) groups is 3. The summed E-state index contributed by atoms with van der Waals surface area (Å²) in [6.07, 6.45) is 0. The molecule has 25 heavy (non-hydrogen) atoms. The van der Waals surface area contributed by atoms with Crippen LogP contribution in [0, 0.1) is 10.1 Å². The maximum absolute atomic E-state index is 12.2. The molecule has 9 nitrogen and oxygen atoms in total. The molecule has 0 spiro atoms. The molecule has 3 N–H and O–H groups in total. The molecular weight excluding hydrogens is 356 g/mol. The highest BCUT2D eigenvalue weighted by Gasteiger charge is 2.18. The average molecular weight is 365 g/mol. The van der Waals surface area contributed by atoms with E-state index in [0.29, 0.717) is 0 Å². The van der Waals surface area contributed by atoms with Crippen molar-refractivity contribution in [3.8, 4) is 0 Å². The summed E-state index contributed by atoms with van der Waals surface area (Å²) in [4.78, 5) is 44.4. The SMILES string of the molecule is O=C(O)c1cc(NC(=O)c2ccc(Cl)c([N+](=O)[O-])c2)cc(C(=O)O)c1. The molecule has 10 heteroatoms. The van der Waals surface area contributed by atoms with Crippen molar-refractivity contribution < 1.29 is 29.5 Å². The smallest absolute Gasteiger partial charge is 0.335 e. The second kappa shape index (κ2) is 6.97. The molecule has 0 aliphatic rings. The van der Waals surface area contributed by atoms with Gasteiger partial charge in [-0.05, 0) is 30.3 Å². The molecule has 2 aromatic rings. The number of hydrogen-bond acceptors (Lipinski definition) is 5. The van der Waals surface area contributed by atoms with Gasteiger partial charge in [-0.1, -0.05) is 11.6 Å². The lowest BCUT2D eigenvalue weighted by atomic mass is 10.1. The molecule has 0 bridgehead atoms. The van der Waals surface area contributed by atoms with Crippen LogP contribution >= 0.6 is 11.6 Å². The number of rotatable bonds is 5. The molecule has 2 aromatic carbocycles. The van der Waals surface area contributed by atoms with Crippen LogP contribution in [0.2, 0.25) is 5.02 Å². The number of carboxylic acids is 2. The first-order chi connectivity index (χ1) is 11.7. The Kier molecular flexibility index (Phi) is 4.99. The van der Waals surface area contributed by atoms with E-state index >= 15 is 0 Å². The zero-order valence-electron chi connectivity index (χ0n) is 12.2. The number of nitro benzene ring substituents is 1. The van der Waals surface area contributed by atoms with Crippen molar-refractivity contribution in [3.05, 3.63) is 68.2 Å². The fourth-order valence-corrected chi connectivity index (χ4v) is 2.13. The first kappa shape index (κ1) is 17.9. The molecule has 0 saturated carbocycles. The predicted molar refractivity (Wildman–Crippen MR) is 86.4 cm³/mol. The molecule has 2 rings (SSSR count). The highest BCUT2D eigenvalue weighted by Crippen LogP contribution is 2.25. The average Bonchev–Trinajstić information content (AvgIpc) is 2.54. The van der Waals surface area contributed by atoms with E-state index in [0.717, 1.165) is 24.3 Å². The monoisotopic (exact) mass is 364 g/mol. The van der Waals surface area contributed by atoms with Crippen LogP contribution in [0.1, 0.15) is 31.1 Å². The summed E-state index contributed by atoms with van der Waals surface area (Å²) < 4.78 is 0. The summed E-state index contributed by atoms with van der Waals surface area (Å²) in [7, 11) is 0. The molecule has 0 aliphatic heterocycles. The molecule has 0 atom stereocenters. The maximum Gasteiger partial charge on any atom is 0.335 e.